The average molecular weight is 325 g/mol. The number of nitrogens with zero attached hydrogens (tertiary/aromatic N) is 1. The Hall–Kier alpha value is -0.810. The minimum atomic E-state index is -0.471. The molecule has 1 heterocycles. The van der Waals surface area contributed by atoms with E-state index in [-0.39, 0.29) is 18.2 Å². The molecule has 2 aliphatic rings. The lowest BCUT2D eigenvalue weighted by Gasteiger charge is -2.49. The Balaban J connectivity index is 1.98. The number of rotatable bonds is 4. The molecule has 2 fully saturated rings. The summed E-state index contributed by atoms with van der Waals surface area (Å²) in [6.07, 6.45) is 7.58. The molecule has 1 amide bonds. The van der Waals surface area contributed by atoms with Gasteiger partial charge in [0.15, 0.2) is 0 Å². The number of hydrogen-bond acceptors (Lipinski definition) is 4. The van der Waals surface area contributed by atoms with Crippen molar-refractivity contribution in [3.63, 3.8) is 0 Å². The molecule has 3 N–H and O–H groups in total. The highest BCUT2D eigenvalue weighted by atomic mass is 16.6. The Morgan fingerprint density at radius 3 is 2.57 bits per heavy atom. The van der Waals surface area contributed by atoms with E-state index in [2.05, 4.69) is 10.2 Å². The Bertz CT molecular complexity index is 392. The molecule has 1 aliphatic heterocycles. The lowest BCUT2D eigenvalue weighted by molar-refractivity contribution is 0.0121. The fourth-order valence-electron chi connectivity index (χ4n) is 4.29. The van der Waals surface area contributed by atoms with Crippen molar-refractivity contribution in [3.05, 3.63) is 0 Å². The van der Waals surface area contributed by atoms with E-state index in [0.717, 1.165) is 12.5 Å². The zero-order valence-electron chi connectivity index (χ0n) is 15.3. The highest BCUT2D eigenvalue weighted by Crippen LogP contribution is 2.36. The van der Waals surface area contributed by atoms with E-state index in [4.69, 9.17) is 10.5 Å². The van der Waals surface area contributed by atoms with E-state index >= 15 is 0 Å². The van der Waals surface area contributed by atoms with Crippen molar-refractivity contribution in [3.8, 4) is 0 Å². The zero-order chi connectivity index (χ0) is 17.0. The second kappa shape index (κ2) is 7.84. The summed E-state index contributed by atoms with van der Waals surface area (Å²) in [4.78, 5) is 14.6. The quantitative estimate of drug-likeness (QED) is 0.834. The van der Waals surface area contributed by atoms with Crippen LogP contribution >= 0.6 is 0 Å². The molecule has 4 unspecified atom stereocenters. The third-order valence-corrected chi connectivity index (χ3v) is 5.28. The Morgan fingerprint density at radius 1 is 1.26 bits per heavy atom. The number of nitrogens with two attached hydrogens (primary N) is 1. The molecular weight excluding hydrogens is 290 g/mol. The van der Waals surface area contributed by atoms with Crippen LogP contribution < -0.4 is 11.1 Å². The summed E-state index contributed by atoms with van der Waals surface area (Å²) in [5.41, 5.74) is 5.62. The van der Waals surface area contributed by atoms with E-state index in [1.54, 1.807) is 0 Å². The van der Waals surface area contributed by atoms with Gasteiger partial charge in [0.25, 0.3) is 0 Å². The first-order chi connectivity index (χ1) is 10.8. The predicted molar refractivity (Wildman–Crippen MR) is 93.4 cm³/mol. The molecule has 2 rings (SSSR count). The number of hydrogen-bond donors (Lipinski definition) is 2. The van der Waals surface area contributed by atoms with Gasteiger partial charge in [0.1, 0.15) is 5.60 Å². The van der Waals surface area contributed by atoms with Crippen molar-refractivity contribution >= 4 is 6.09 Å². The van der Waals surface area contributed by atoms with Gasteiger partial charge in [0.05, 0.1) is 0 Å². The third kappa shape index (κ3) is 5.08. The number of carbonyl (C=O) groups is 1. The normalized spacial score (nSPS) is 28.6. The second-order valence-corrected chi connectivity index (χ2v) is 8.23. The summed E-state index contributed by atoms with van der Waals surface area (Å²) in [5, 5.41) is 3.00. The van der Waals surface area contributed by atoms with E-state index in [9.17, 15) is 4.79 Å². The van der Waals surface area contributed by atoms with Crippen molar-refractivity contribution in [1.29, 1.82) is 0 Å². The number of alkyl carbamates (subject to hydrolysis) is 1. The second-order valence-electron chi connectivity index (χ2n) is 8.23. The van der Waals surface area contributed by atoms with Gasteiger partial charge in [-0.15, -0.1) is 0 Å². The molecule has 1 saturated carbocycles. The molecule has 4 atom stereocenters. The first kappa shape index (κ1) is 18.5. The lowest BCUT2D eigenvalue weighted by atomic mass is 9.77. The van der Waals surface area contributed by atoms with Crippen molar-refractivity contribution < 1.29 is 9.53 Å². The minimum absolute atomic E-state index is 0.00414. The summed E-state index contributed by atoms with van der Waals surface area (Å²) in [7, 11) is 0. The third-order valence-electron chi connectivity index (χ3n) is 5.28. The molecule has 0 aromatic heterocycles. The van der Waals surface area contributed by atoms with Crippen LogP contribution in [0.1, 0.15) is 66.2 Å². The molecule has 1 aliphatic carbocycles. The van der Waals surface area contributed by atoms with Crippen molar-refractivity contribution in [2.45, 2.75) is 89.9 Å². The van der Waals surface area contributed by atoms with Gasteiger partial charge in [0, 0.05) is 24.7 Å². The number of carbonyl (C=O) groups excluding carboxylic acids is 1. The molecule has 23 heavy (non-hydrogen) atoms. The summed E-state index contributed by atoms with van der Waals surface area (Å²) in [6, 6.07) is 0.831. The van der Waals surface area contributed by atoms with Crippen LogP contribution in [-0.2, 0) is 4.74 Å². The molecule has 1 saturated heterocycles. The maximum atomic E-state index is 12.1. The summed E-state index contributed by atoms with van der Waals surface area (Å²) < 4.78 is 5.39. The summed E-state index contributed by atoms with van der Waals surface area (Å²) in [5.74, 6) is 0.820. The predicted octanol–water partition coefficient (Wildman–Crippen LogP) is 2.88. The van der Waals surface area contributed by atoms with Crippen molar-refractivity contribution in [2.24, 2.45) is 11.7 Å². The molecule has 0 aromatic carbocycles. The highest BCUT2D eigenvalue weighted by molar-refractivity contribution is 5.68. The fraction of sp³-hybridized carbons (Fsp3) is 0.944. The smallest absolute Gasteiger partial charge is 0.407 e. The van der Waals surface area contributed by atoms with Gasteiger partial charge in [-0.05, 0) is 65.8 Å². The molecule has 134 valence electrons. The van der Waals surface area contributed by atoms with Crippen LogP contribution in [0.4, 0.5) is 4.79 Å². The standard InChI is InChI=1S/C18H35N3O2/c1-13(20-17(22)23-18(2,3)4)16(12-19)21-11-7-9-14-8-5-6-10-15(14)21/h13-16H,5-12,19H2,1-4H3,(H,20,22). The van der Waals surface area contributed by atoms with Crippen LogP contribution in [0.15, 0.2) is 0 Å². The van der Waals surface area contributed by atoms with Crippen LogP contribution in [0.25, 0.3) is 0 Å². The minimum Gasteiger partial charge on any atom is -0.444 e. The maximum absolute atomic E-state index is 12.1. The van der Waals surface area contributed by atoms with Crippen molar-refractivity contribution in [1.82, 2.24) is 10.2 Å². The lowest BCUT2D eigenvalue weighted by Crippen LogP contribution is -2.60. The molecule has 0 aromatic rings. The van der Waals surface area contributed by atoms with Crippen LogP contribution in [-0.4, -0.2) is 47.8 Å². The molecular formula is C18H35N3O2. The summed E-state index contributed by atoms with van der Waals surface area (Å²) >= 11 is 0. The van der Waals surface area contributed by atoms with Crippen LogP contribution in [0.3, 0.4) is 0 Å². The van der Waals surface area contributed by atoms with Crippen LogP contribution in [0.5, 0.6) is 0 Å². The van der Waals surface area contributed by atoms with Gasteiger partial charge in [-0.2, -0.15) is 0 Å². The number of amides is 1. The maximum Gasteiger partial charge on any atom is 0.407 e. The van der Waals surface area contributed by atoms with Gasteiger partial charge >= 0.3 is 6.09 Å². The van der Waals surface area contributed by atoms with Crippen LogP contribution in [0, 0.1) is 5.92 Å². The fourth-order valence-corrected chi connectivity index (χ4v) is 4.29. The molecule has 5 heteroatoms. The molecule has 0 bridgehead atoms. The van der Waals surface area contributed by atoms with Crippen molar-refractivity contribution in [2.75, 3.05) is 13.1 Å². The number of fused-ring (bicyclic) bond motifs is 1. The highest BCUT2D eigenvalue weighted by Gasteiger charge is 2.38. The zero-order valence-corrected chi connectivity index (χ0v) is 15.3. The monoisotopic (exact) mass is 325 g/mol. The largest absolute Gasteiger partial charge is 0.444 e. The van der Waals surface area contributed by atoms with Gasteiger partial charge in [-0.1, -0.05) is 12.8 Å². The first-order valence-electron chi connectivity index (χ1n) is 9.27. The van der Waals surface area contributed by atoms with Crippen LogP contribution in [0.2, 0.25) is 0 Å². The summed E-state index contributed by atoms with van der Waals surface area (Å²) in [6.45, 7) is 9.37. The van der Waals surface area contributed by atoms with Gasteiger partial charge in [-0.25, -0.2) is 4.79 Å². The first-order valence-corrected chi connectivity index (χ1v) is 9.27. The SMILES string of the molecule is CC(NC(=O)OC(C)(C)C)C(CN)N1CCCC2CCCCC21. The topological polar surface area (TPSA) is 67.6 Å². The van der Waals surface area contributed by atoms with Gasteiger partial charge in [-0.3, -0.25) is 4.90 Å². The number of ether oxygens (including phenoxy) is 1. The molecule has 0 spiro atoms. The molecule has 0 radical (unpaired) electrons. The van der Waals surface area contributed by atoms with Gasteiger partial charge < -0.3 is 15.8 Å². The number of likely N-dealkylation sites (tertiary alicyclic amines) is 1. The Morgan fingerprint density at radius 2 is 1.91 bits per heavy atom. The Kier molecular flexibility index (Phi) is 6.32. The van der Waals surface area contributed by atoms with E-state index in [1.807, 2.05) is 27.7 Å². The average Bonchev–Trinajstić information content (AvgIpc) is 2.46. The Labute approximate surface area is 141 Å². The van der Waals surface area contributed by atoms with E-state index in [1.165, 1.54) is 38.5 Å². The van der Waals surface area contributed by atoms with E-state index in [0.29, 0.717) is 12.6 Å². The van der Waals surface area contributed by atoms with Gasteiger partial charge in [0.2, 0.25) is 0 Å². The number of piperidine rings is 1. The van der Waals surface area contributed by atoms with E-state index < -0.39 is 5.60 Å². The molecule has 5 nitrogen and oxygen atoms in total. The number of nitrogens with one attached hydrogen (secondary N) is 1.